The number of carbonyl (C=O) groups is 2. The van der Waals surface area contributed by atoms with Crippen molar-refractivity contribution in [1.29, 1.82) is 0 Å². The van der Waals surface area contributed by atoms with Crippen molar-refractivity contribution in [3.8, 4) is 0 Å². The van der Waals surface area contributed by atoms with Crippen LogP contribution in [0.3, 0.4) is 0 Å². The molecule has 1 saturated heterocycles. The molecular weight excluding hydrogens is 539 g/mol. The quantitative estimate of drug-likeness (QED) is 0.222. The molecule has 0 bridgehead atoms. The van der Waals surface area contributed by atoms with Gasteiger partial charge in [-0.3, -0.25) is 15.0 Å². The minimum Gasteiger partial charge on any atom is -0.500 e. The number of benzene rings is 1. The van der Waals surface area contributed by atoms with Crippen LogP contribution in [0.5, 0.6) is 0 Å². The summed E-state index contributed by atoms with van der Waals surface area (Å²) in [4.78, 5) is 27.9. The molecule has 238 valence electrons. The van der Waals surface area contributed by atoms with Crippen molar-refractivity contribution in [3.63, 3.8) is 0 Å². The topological polar surface area (TPSA) is 77.1 Å². The van der Waals surface area contributed by atoms with Gasteiger partial charge < -0.3 is 14.0 Å². The van der Waals surface area contributed by atoms with Gasteiger partial charge in [0.25, 0.3) is 11.8 Å². The second-order valence-electron chi connectivity index (χ2n) is 14.5. The summed E-state index contributed by atoms with van der Waals surface area (Å²) in [6.07, 6.45) is 6.96. The minimum atomic E-state index is -0.335. The fourth-order valence-corrected chi connectivity index (χ4v) is 6.30. The maximum Gasteiger partial charge on any atom is 0.457 e. The highest BCUT2D eigenvalue weighted by Gasteiger charge is 2.50. The van der Waals surface area contributed by atoms with E-state index in [1.54, 1.807) is 12.1 Å². The van der Waals surface area contributed by atoms with Crippen LogP contribution in [-0.4, -0.2) is 48.3 Å². The highest BCUT2D eigenvalue weighted by atomic mass is 16.7. The number of aryl methyl sites for hydroxylation is 2. The molecule has 1 aliphatic heterocycles. The number of ether oxygens (including phenoxy) is 1. The van der Waals surface area contributed by atoms with Gasteiger partial charge in [0.15, 0.2) is 0 Å². The molecule has 1 aromatic rings. The maximum atomic E-state index is 14.0. The van der Waals surface area contributed by atoms with Gasteiger partial charge in [-0.2, -0.15) is 0 Å². The Morgan fingerprint density at radius 2 is 1.65 bits per heavy atom. The molecule has 2 aliphatic rings. The van der Waals surface area contributed by atoms with Crippen molar-refractivity contribution in [2.75, 3.05) is 7.11 Å². The van der Waals surface area contributed by atoms with E-state index in [2.05, 4.69) is 60.8 Å². The SMILES string of the molecule is CCCC(N(NC(=O)C1=CCC(CCCB2OC(C)(C)C(C)(C)O2)C(OC)=C1C)C(=O)c1cc(C)cc(C)c1)C(C)(C)C. The molecule has 1 aromatic carbocycles. The van der Waals surface area contributed by atoms with Crippen LogP contribution in [0.4, 0.5) is 0 Å². The molecule has 0 radical (unpaired) electrons. The Morgan fingerprint density at radius 1 is 1.07 bits per heavy atom. The van der Waals surface area contributed by atoms with Gasteiger partial charge in [0, 0.05) is 17.1 Å². The van der Waals surface area contributed by atoms with Crippen molar-refractivity contribution < 1.29 is 23.6 Å². The fraction of sp³-hybridized carbons (Fsp3) is 0.657. The first-order valence-electron chi connectivity index (χ1n) is 16.0. The zero-order valence-corrected chi connectivity index (χ0v) is 28.8. The first-order valence-corrected chi connectivity index (χ1v) is 16.0. The number of amides is 2. The lowest BCUT2D eigenvalue weighted by Crippen LogP contribution is -2.56. The summed E-state index contributed by atoms with van der Waals surface area (Å²) in [5.41, 5.74) is 6.11. The molecule has 1 fully saturated rings. The smallest absolute Gasteiger partial charge is 0.457 e. The van der Waals surface area contributed by atoms with E-state index >= 15 is 0 Å². The zero-order valence-electron chi connectivity index (χ0n) is 28.8. The number of rotatable bonds is 10. The fourth-order valence-electron chi connectivity index (χ4n) is 6.30. The Labute approximate surface area is 260 Å². The number of nitrogens with zero attached hydrogens (tertiary/aromatic N) is 1. The molecule has 7 nitrogen and oxygen atoms in total. The molecule has 0 spiro atoms. The Hall–Kier alpha value is -2.58. The van der Waals surface area contributed by atoms with E-state index in [0.29, 0.717) is 17.6 Å². The average molecular weight is 595 g/mol. The van der Waals surface area contributed by atoms with Gasteiger partial charge in [0.05, 0.1) is 24.4 Å². The number of hydrazine groups is 1. The van der Waals surface area contributed by atoms with Crippen molar-refractivity contribution >= 4 is 18.9 Å². The molecule has 1 heterocycles. The number of methoxy groups -OCH3 is 1. The van der Waals surface area contributed by atoms with E-state index in [9.17, 15) is 9.59 Å². The largest absolute Gasteiger partial charge is 0.500 e. The first-order chi connectivity index (χ1) is 19.9. The highest BCUT2D eigenvalue weighted by molar-refractivity contribution is 6.45. The Morgan fingerprint density at radius 3 is 2.16 bits per heavy atom. The normalized spacial score (nSPS) is 20.5. The third-order valence-electron chi connectivity index (χ3n) is 9.29. The Bertz CT molecular complexity index is 1210. The van der Waals surface area contributed by atoms with Gasteiger partial charge in [0.2, 0.25) is 0 Å². The lowest BCUT2D eigenvalue weighted by molar-refractivity contribution is -0.122. The zero-order chi connectivity index (χ0) is 32.3. The molecular formula is C35H55BN2O5. The number of nitrogens with one attached hydrogen (secondary N) is 1. The lowest BCUT2D eigenvalue weighted by Gasteiger charge is -2.40. The summed E-state index contributed by atoms with van der Waals surface area (Å²) in [5.74, 6) is 0.513. The molecule has 1 aliphatic carbocycles. The van der Waals surface area contributed by atoms with Crippen LogP contribution in [0, 0.1) is 25.2 Å². The van der Waals surface area contributed by atoms with E-state index in [4.69, 9.17) is 14.0 Å². The Balaban J connectivity index is 1.79. The van der Waals surface area contributed by atoms with Crippen molar-refractivity contribution in [1.82, 2.24) is 10.4 Å². The molecule has 0 aromatic heterocycles. The second-order valence-corrected chi connectivity index (χ2v) is 14.5. The summed E-state index contributed by atoms with van der Waals surface area (Å²) in [6.45, 7) is 22.6. The van der Waals surface area contributed by atoms with E-state index in [0.717, 1.165) is 54.5 Å². The van der Waals surface area contributed by atoms with Gasteiger partial charge in [-0.05, 0) is 97.2 Å². The van der Waals surface area contributed by atoms with E-state index < -0.39 is 0 Å². The van der Waals surface area contributed by atoms with Crippen LogP contribution >= 0.6 is 0 Å². The van der Waals surface area contributed by atoms with E-state index in [1.807, 2.05) is 45.0 Å². The van der Waals surface area contributed by atoms with Gasteiger partial charge in [-0.25, -0.2) is 5.01 Å². The predicted molar refractivity (Wildman–Crippen MR) is 174 cm³/mol. The van der Waals surface area contributed by atoms with Crippen LogP contribution in [0.2, 0.25) is 6.32 Å². The molecule has 3 rings (SSSR count). The summed E-state index contributed by atoms with van der Waals surface area (Å²) in [6, 6.07) is 5.64. The first kappa shape index (κ1) is 34.9. The van der Waals surface area contributed by atoms with Crippen molar-refractivity contribution in [2.24, 2.45) is 11.3 Å². The average Bonchev–Trinajstić information content (AvgIpc) is 3.10. The van der Waals surface area contributed by atoms with Crippen molar-refractivity contribution in [2.45, 2.75) is 132 Å². The maximum absolute atomic E-state index is 14.0. The van der Waals surface area contributed by atoms with E-state index in [1.165, 1.54) is 0 Å². The molecule has 43 heavy (non-hydrogen) atoms. The van der Waals surface area contributed by atoms with Crippen LogP contribution in [0.25, 0.3) is 0 Å². The standard InChI is InChI=1S/C35H55BN2O5/c1-13-15-29(33(5,6)7)38(32(40)27-21-23(2)20-24(3)22-27)37-31(39)28-18-17-26(30(41-12)25(28)4)16-14-19-36-42-34(8,9)35(10,11)43-36/h18,20-22,26,29H,13-17,19H2,1-12H3,(H,37,39). The number of hydrogen-bond donors (Lipinski definition) is 1. The second kappa shape index (κ2) is 13.6. The summed E-state index contributed by atoms with van der Waals surface area (Å²) in [5, 5.41) is 1.58. The third-order valence-corrected chi connectivity index (χ3v) is 9.29. The molecule has 0 saturated carbocycles. The lowest BCUT2D eigenvalue weighted by atomic mass is 9.79. The molecule has 8 heteroatoms. The highest BCUT2D eigenvalue weighted by Crippen LogP contribution is 2.39. The van der Waals surface area contributed by atoms with Crippen LogP contribution in [0.1, 0.15) is 116 Å². The molecule has 2 unspecified atom stereocenters. The molecule has 2 amide bonds. The van der Waals surface area contributed by atoms with Gasteiger partial charge in [0.1, 0.15) is 5.76 Å². The summed E-state index contributed by atoms with van der Waals surface area (Å²) >= 11 is 0. The Kier molecular flexibility index (Phi) is 11.0. The van der Waals surface area contributed by atoms with Crippen LogP contribution in [-0.2, 0) is 18.8 Å². The van der Waals surface area contributed by atoms with E-state index in [-0.39, 0.29) is 47.5 Å². The van der Waals surface area contributed by atoms with Gasteiger partial charge >= 0.3 is 7.12 Å². The van der Waals surface area contributed by atoms with Crippen LogP contribution in [0.15, 0.2) is 41.2 Å². The van der Waals surface area contributed by atoms with Gasteiger partial charge in [-0.15, -0.1) is 0 Å². The van der Waals surface area contributed by atoms with Gasteiger partial charge in [-0.1, -0.05) is 63.8 Å². The molecule has 1 N–H and O–H groups in total. The summed E-state index contributed by atoms with van der Waals surface area (Å²) in [7, 11) is 1.45. The number of hydrogen-bond acceptors (Lipinski definition) is 5. The molecule has 2 atom stereocenters. The third kappa shape index (κ3) is 8.13. The number of carbonyl (C=O) groups excluding carboxylic acids is 2. The number of allylic oxidation sites excluding steroid dienone is 2. The predicted octanol–water partition coefficient (Wildman–Crippen LogP) is 7.73. The van der Waals surface area contributed by atoms with Crippen LogP contribution < -0.4 is 5.43 Å². The summed E-state index contributed by atoms with van der Waals surface area (Å²) < 4.78 is 18.2. The monoisotopic (exact) mass is 594 g/mol. The van der Waals surface area contributed by atoms with Crippen molar-refractivity contribution in [3.05, 3.63) is 57.9 Å². The minimum absolute atomic E-state index is 0.166.